The highest BCUT2D eigenvalue weighted by molar-refractivity contribution is 6.04. The number of fused-ring (bicyclic) bond motifs is 3. The standard InChI is InChI=1S/C28H24F4N6O3/c1-15-21(6-7-24(35-15)37-13-27(29,30)28(31,32)14-37)38-25-18-8-16(17-9-23(41-3)20(12-39)33-10-17)4-5-19(18)34-11-22(25)36(2)26(38)40/h4-11,39H,12-14H2,1-3H3. The highest BCUT2D eigenvalue weighted by Gasteiger charge is 2.63. The molecule has 1 aliphatic heterocycles. The van der Waals surface area contributed by atoms with Crippen molar-refractivity contribution < 1.29 is 27.4 Å². The molecular formula is C28H24F4N6O3. The molecule has 1 saturated heterocycles. The Bertz CT molecular complexity index is 1890. The van der Waals surface area contributed by atoms with E-state index in [1.165, 1.54) is 28.4 Å². The Morgan fingerprint density at radius 2 is 1.73 bits per heavy atom. The summed E-state index contributed by atoms with van der Waals surface area (Å²) < 4.78 is 63.5. The van der Waals surface area contributed by atoms with Gasteiger partial charge in [0.05, 0.1) is 60.9 Å². The summed E-state index contributed by atoms with van der Waals surface area (Å²) in [5.74, 6) is -7.95. The van der Waals surface area contributed by atoms with Gasteiger partial charge in [0.25, 0.3) is 0 Å². The first-order valence-corrected chi connectivity index (χ1v) is 12.6. The van der Waals surface area contributed by atoms with Gasteiger partial charge in [-0.05, 0) is 42.8 Å². The van der Waals surface area contributed by atoms with Crippen LogP contribution in [0.2, 0.25) is 0 Å². The van der Waals surface area contributed by atoms with E-state index >= 15 is 0 Å². The summed E-state index contributed by atoms with van der Waals surface area (Å²) in [6, 6.07) is 10.2. The normalized spacial score (nSPS) is 16.1. The number of anilines is 1. The van der Waals surface area contributed by atoms with Crippen LogP contribution in [-0.4, -0.2) is 61.2 Å². The lowest BCUT2D eigenvalue weighted by Gasteiger charge is -2.18. The van der Waals surface area contributed by atoms with Crippen LogP contribution in [0, 0.1) is 6.92 Å². The predicted molar refractivity (Wildman–Crippen MR) is 144 cm³/mol. The molecule has 0 saturated carbocycles. The van der Waals surface area contributed by atoms with Gasteiger partial charge in [0.1, 0.15) is 17.3 Å². The van der Waals surface area contributed by atoms with Crippen LogP contribution in [0.4, 0.5) is 23.4 Å². The van der Waals surface area contributed by atoms with Crippen molar-refractivity contribution in [2.45, 2.75) is 25.4 Å². The van der Waals surface area contributed by atoms with Gasteiger partial charge >= 0.3 is 17.5 Å². The van der Waals surface area contributed by atoms with Crippen LogP contribution in [0.25, 0.3) is 38.8 Å². The summed E-state index contributed by atoms with van der Waals surface area (Å²) in [7, 11) is 3.09. The molecule has 0 bridgehead atoms. The molecule has 1 aliphatic rings. The molecule has 0 aliphatic carbocycles. The first-order chi connectivity index (χ1) is 19.5. The summed E-state index contributed by atoms with van der Waals surface area (Å²) >= 11 is 0. The molecule has 0 amide bonds. The van der Waals surface area contributed by atoms with Crippen LogP contribution < -0.4 is 15.3 Å². The zero-order valence-electron chi connectivity index (χ0n) is 22.2. The fraction of sp³-hybridized carbons (Fsp3) is 0.286. The zero-order valence-corrected chi connectivity index (χ0v) is 22.2. The number of ether oxygens (including phenoxy) is 1. The Balaban J connectivity index is 1.51. The monoisotopic (exact) mass is 568 g/mol. The molecule has 1 aromatic carbocycles. The minimum absolute atomic E-state index is 0.0297. The third kappa shape index (κ3) is 4.10. The number of hydrogen-bond donors (Lipinski definition) is 1. The largest absolute Gasteiger partial charge is 0.495 e. The van der Waals surface area contributed by atoms with Crippen LogP contribution in [0.5, 0.6) is 5.75 Å². The van der Waals surface area contributed by atoms with Crippen LogP contribution in [0.15, 0.2) is 53.6 Å². The van der Waals surface area contributed by atoms with Gasteiger partial charge in [0.2, 0.25) is 0 Å². The predicted octanol–water partition coefficient (Wildman–Crippen LogP) is 4.23. The van der Waals surface area contributed by atoms with E-state index in [2.05, 4.69) is 15.0 Å². The van der Waals surface area contributed by atoms with Crippen molar-refractivity contribution in [1.29, 1.82) is 0 Å². The van der Waals surface area contributed by atoms with Gasteiger partial charge in [-0.25, -0.2) is 9.78 Å². The van der Waals surface area contributed by atoms with E-state index in [1.54, 1.807) is 38.5 Å². The van der Waals surface area contributed by atoms with E-state index in [1.807, 2.05) is 12.1 Å². The SMILES string of the molecule is COc1cc(-c2ccc3ncc4c(c3c2)n(-c2ccc(N3CC(F)(F)C(F)(F)C3)nc2C)c(=O)n4C)cnc1CO. The molecule has 41 heavy (non-hydrogen) atoms. The minimum Gasteiger partial charge on any atom is -0.495 e. The van der Waals surface area contributed by atoms with E-state index in [0.29, 0.717) is 50.3 Å². The molecular weight excluding hydrogens is 544 g/mol. The number of nitrogens with zero attached hydrogens (tertiary/aromatic N) is 6. The van der Waals surface area contributed by atoms with E-state index in [0.717, 1.165) is 10.5 Å². The molecule has 5 aromatic rings. The van der Waals surface area contributed by atoms with Crippen molar-refractivity contribution in [3.63, 3.8) is 0 Å². The van der Waals surface area contributed by atoms with Gasteiger partial charge in [-0.1, -0.05) is 6.07 Å². The lowest BCUT2D eigenvalue weighted by Crippen LogP contribution is -2.38. The van der Waals surface area contributed by atoms with Gasteiger partial charge in [-0.3, -0.25) is 19.1 Å². The maximum Gasteiger partial charge on any atom is 0.333 e. The van der Waals surface area contributed by atoms with Crippen molar-refractivity contribution in [1.82, 2.24) is 24.1 Å². The van der Waals surface area contributed by atoms with Crippen LogP contribution in [-0.2, 0) is 13.7 Å². The Labute approximate surface area is 230 Å². The average molecular weight is 569 g/mol. The molecule has 212 valence electrons. The third-order valence-corrected chi connectivity index (χ3v) is 7.44. The second-order valence-corrected chi connectivity index (χ2v) is 9.97. The number of aryl methyl sites for hydroxylation is 2. The average Bonchev–Trinajstić information content (AvgIpc) is 3.34. The van der Waals surface area contributed by atoms with Crippen LogP contribution in [0.3, 0.4) is 0 Å². The molecule has 0 unspecified atom stereocenters. The Morgan fingerprint density at radius 3 is 2.39 bits per heavy atom. The van der Waals surface area contributed by atoms with Crippen molar-refractivity contribution in [3.05, 3.63) is 70.7 Å². The summed E-state index contributed by atoms with van der Waals surface area (Å²) in [5.41, 5.74) is 3.81. The molecule has 5 heterocycles. The zero-order chi connectivity index (χ0) is 29.3. The first kappa shape index (κ1) is 26.7. The highest BCUT2D eigenvalue weighted by atomic mass is 19.3. The van der Waals surface area contributed by atoms with Gasteiger partial charge in [0.15, 0.2) is 0 Å². The molecule has 1 N–H and O–H groups in total. The quantitative estimate of drug-likeness (QED) is 0.317. The van der Waals surface area contributed by atoms with E-state index in [4.69, 9.17) is 4.74 Å². The molecule has 9 nitrogen and oxygen atoms in total. The molecule has 13 heteroatoms. The summed E-state index contributed by atoms with van der Waals surface area (Å²) in [6.07, 6.45) is 3.19. The number of alkyl halides is 4. The van der Waals surface area contributed by atoms with Crippen molar-refractivity contribution in [2.75, 3.05) is 25.1 Å². The molecule has 4 aromatic heterocycles. The molecule has 6 rings (SSSR count). The number of imidazole rings is 1. The highest BCUT2D eigenvalue weighted by Crippen LogP contribution is 2.42. The molecule has 0 radical (unpaired) electrons. The van der Waals surface area contributed by atoms with Crippen molar-refractivity contribution in [2.24, 2.45) is 7.05 Å². The Kier molecular flexibility index (Phi) is 6.03. The summed E-state index contributed by atoms with van der Waals surface area (Å²) in [5, 5.41) is 10.2. The number of halogens is 4. The van der Waals surface area contributed by atoms with Gasteiger partial charge in [0, 0.05) is 24.2 Å². The fourth-order valence-corrected chi connectivity index (χ4v) is 5.21. The van der Waals surface area contributed by atoms with Crippen molar-refractivity contribution >= 4 is 27.8 Å². The van der Waals surface area contributed by atoms with E-state index in [-0.39, 0.29) is 12.4 Å². The second-order valence-electron chi connectivity index (χ2n) is 9.97. The number of hydrogen-bond acceptors (Lipinski definition) is 7. The summed E-state index contributed by atoms with van der Waals surface area (Å²) in [6.45, 7) is -1.00. The number of rotatable bonds is 5. The van der Waals surface area contributed by atoms with Gasteiger partial charge in [-0.15, -0.1) is 0 Å². The second kappa shape index (κ2) is 9.26. The summed E-state index contributed by atoms with van der Waals surface area (Å²) in [4.78, 5) is 27.5. The van der Waals surface area contributed by atoms with Gasteiger partial charge < -0.3 is 14.7 Å². The maximum atomic E-state index is 13.8. The Hall–Kier alpha value is -4.52. The minimum atomic E-state index is -4.17. The number of pyridine rings is 3. The molecule has 1 fully saturated rings. The number of methoxy groups -OCH3 is 1. The van der Waals surface area contributed by atoms with E-state index in [9.17, 15) is 27.5 Å². The Morgan fingerprint density at radius 1 is 1.00 bits per heavy atom. The lowest BCUT2D eigenvalue weighted by molar-refractivity contribution is -0.172. The smallest absolute Gasteiger partial charge is 0.333 e. The third-order valence-electron chi connectivity index (χ3n) is 7.44. The molecule has 0 spiro atoms. The van der Waals surface area contributed by atoms with Crippen LogP contribution in [0.1, 0.15) is 11.4 Å². The number of aliphatic hydroxyl groups excluding tert-OH is 1. The molecule has 0 atom stereocenters. The van der Waals surface area contributed by atoms with E-state index < -0.39 is 30.6 Å². The van der Waals surface area contributed by atoms with Crippen LogP contribution >= 0.6 is 0 Å². The topological polar surface area (TPSA) is 98.3 Å². The number of aromatic nitrogens is 5. The number of benzene rings is 1. The van der Waals surface area contributed by atoms with Gasteiger partial charge in [-0.2, -0.15) is 17.6 Å². The fourth-order valence-electron chi connectivity index (χ4n) is 5.21. The first-order valence-electron chi connectivity index (χ1n) is 12.6. The number of aliphatic hydroxyl groups is 1. The maximum absolute atomic E-state index is 13.8. The van der Waals surface area contributed by atoms with Crippen molar-refractivity contribution in [3.8, 4) is 22.6 Å². The lowest BCUT2D eigenvalue weighted by atomic mass is 10.0.